The lowest BCUT2D eigenvalue weighted by molar-refractivity contribution is 0.221. The summed E-state index contributed by atoms with van der Waals surface area (Å²) in [6, 6.07) is 10.3. The molecule has 3 N–H and O–H groups in total. The van der Waals surface area contributed by atoms with Crippen LogP contribution in [0.4, 0.5) is 5.69 Å². The molecule has 0 bridgehead atoms. The number of nitrogen functional groups attached to an aromatic ring is 1. The highest BCUT2D eigenvalue weighted by Gasteiger charge is 2.19. The first kappa shape index (κ1) is 14.0. The van der Waals surface area contributed by atoms with Crippen molar-refractivity contribution in [2.24, 2.45) is 0 Å². The largest absolute Gasteiger partial charge is 0.495 e. The number of rotatable bonds is 3. The van der Waals surface area contributed by atoms with Gasteiger partial charge in [-0.1, -0.05) is 47.5 Å². The van der Waals surface area contributed by atoms with Gasteiger partial charge in [0.2, 0.25) is 0 Å². The number of methoxy groups -OCH3 is 1. The number of para-hydroxylation sites is 1. The molecule has 2 rings (SSSR count). The fourth-order valence-electron chi connectivity index (χ4n) is 1.88. The zero-order valence-electron chi connectivity index (χ0n) is 10.2. The second-order valence-corrected chi connectivity index (χ2v) is 4.79. The summed E-state index contributed by atoms with van der Waals surface area (Å²) in [5, 5.41) is 11.1. The lowest BCUT2D eigenvalue weighted by Crippen LogP contribution is -2.06. The van der Waals surface area contributed by atoms with E-state index in [1.54, 1.807) is 36.4 Å². The van der Waals surface area contributed by atoms with Crippen LogP contribution in [-0.4, -0.2) is 12.2 Å². The Hall–Kier alpha value is -1.42. The summed E-state index contributed by atoms with van der Waals surface area (Å²) < 4.78 is 5.13. The summed E-state index contributed by atoms with van der Waals surface area (Å²) in [4.78, 5) is 0. The second-order valence-electron chi connectivity index (χ2n) is 4.01. The minimum atomic E-state index is -0.957. The van der Waals surface area contributed by atoms with Crippen molar-refractivity contribution < 1.29 is 9.84 Å². The van der Waals surface area contributed by atoms with Gasteiger partial charge in [-0.15, -0.1) is 0 Å². The topological polar surface area (TPSA) is 55.5 Å². The van der Waals surface area contributed by atoms with Crippen LogP contribution in [0.15, 0.2) is 36.4 Å². The van der Waals surface area contributed by atoms with E-state index in [4.69, 9.17) is 33.7 Å². The zero-order valence-corrected chi connectivity index (χ0v) is 11.7. The highest BCUT2D eigenvalue weighted by Crippen LogP contribution is 2.37. The van der Waals surface area contributed by atoms with E-state index in [0.29, 0.717) is 32.6 Å². The summed E-state index contributed by atoms with van der Waals surface area (Å²) in [5.74, 6) is 0.509. The van der Waals surface area contributed by atoms with Crippen LogP contribution in [0.2, 0.25) is 10.0 Å². The maximum absolute atomic E-state index is 10.4. The molecular weight excluding hydrogens is 285 g/mol. The van der Waals surface area contributed by atoms with Gasteiger partial charge in [0.15, 0.2) is 0 Å². The van der Waals surface area contributed by atoms with E-state index in [0.717, 1.165) is 0 Å². The second kappa shape index (κ2) is 5.70. The molecule has 100 valence electrons. The van der Waals surface area contributed by atoms with Crippen molar-refractivity contribution in [2.45, 2.75) is 6.10 Å². The fourth-order valence-corrected chi connectivity index (χ4v) is 2.29. The molecule has 0 radical (unpaired) electrons. The zero-order chi connectivity index (χ0) is 14.0. The summed E-state index contributed by atoms with van der Waals surface area (Å²) in [6.07, 6.45) is -0.957. The van der Waals surface area contributed by atoms with E-state index in [1.807, 2.05) is 0 Å². The number of hydrogen-bond acceptors (Lipinski definition) is 3. The van der Waals surface area contributed by atoms with Gasteiger partial charge in [-0.2, -0.15) is 0 Å². The first-order chi connectivity index (χ1) is 9.06. The van der Waals surface area contributed by atoms with Crippen molar-refractivity contribution >= 4 is 28.9 Å². The van der Waals surface area contributed by atoms with Gasteiger partial charge in [-0.25, -0.2) is 0 Å². The first-order valence-electron chi connectivity index (χ1n) is 5.60. The van der Waals surface area contributed by atoms with Crippen LogP contribution in [0, 0.1) is 0 Å². The van der Waals surface area contributed by atoms with E-state index < -0.39 is 6.10 Å². The minimum Gasteiger partial charge on any atom is -0.495 e. The van der Waals surface area contributed by atoms with Crippen molar-refractivity contribution in [3.8, 4) is 5.75 Å². The van der Waals surface area contributed by atoms with Gasteiger partial charge in [-0.3, -0.25) is 0 Å². The van der Waals surface area contributed by atoms with Crippen LogP contribution in [0.25, 0.3) is 0 Å². The maximum atomic E-state index is 10.4. The third-order valence-electron chi connectivity index (χ3n) is 2.89. The number of halogens is 2. The Kier molecular flexibility index (Phi) is 4.20. The summed E-state index contributed by atoms with van der Waals surface area (Å²) in [7, 11) is 1.52. The predicted molar refractivity (Wildman–Crippen MR) is 77.9 cm³/mol. The number of aliphatic hydroxyl groups is 1. The smallest absolute Gasteiger partial charge is 0.142 e. The SMILES string of the molecule is COc1cccc(C(O)c2cccc(Cl)c2Cl)c1N. The van der Waals surface area contributed by atoms with Crippen LogP contribution in [-0.2, 0) is 0 Å². The maximum Gasteiger partial charge on any atom is 0.142 e. The number of aliphatic hydroxyl groups excluding tert-OH is 1. The van der Waals surface area contributed by atoms with Gasteiger partial charge in [0.25, 0.3) is 0 Å². The summed E-state index contributed by atoms with van der Waals surface area (Å²) >= 11 is 12.0. The number of hydrogen-bond donors (Lipinski definition) is 2. The van der Waals surface area contributed by atoms with Gasteiger partial charge in [0, 0.05) is 11.1 Å². The molecule has 0 aromatic heterocycles. The lowest BCUT2D eigenvalue weighted by Gasteiger charge is -2.17. The van der Waals surface area contributed by atoms with Gasteiger partial charge >= 0.3 is 0 Å². The molecule has 0 aliphatic carbocycles. The van der Waals surface area contributed by atoms with Crippen LogP contribution in [0.1, 0.15) is 17.2 Å². The van der Waals surface area contributed by atoms with Crippen molar-refractivity contribution in [1.82, 2.24) is 0 Å². The molecule has 0 saturated heterocycles. The molecule has 0 spiro atoms. The Morgan fingerprint density at radius 2 is 1.74 bits per heavy atom. The summed E-state index contributed by atoms with van der Waals surface area (Å²) in [6.45, 7) is 0. The molecule has 0 heterocycles. The molecule has 0 aliphatic heterocycles. The molecule has 2 aromatic carbocycles. The van der Waals surface area contributed by atoms with Crippen molar-refractivity contribution in [1.29, 1.82) is 0 Å². The van der Waals surface area contributed by atoms with Crippen LogP contribution in [0.3, 0.4) is 0 Å². The van der Waals surface area contributed by atoms with Crippen LogP contribution >= 0.6 is 23.2 Å². The van der Waals surface area contributed by atoms with Crippen molar-refractivity contribution in [2.75, 3.05) is 12.8 Å². The molecular formula is C14H13Cl2NO2. The molecule has 3 nitrogen and oxygen atoms in total. The number of ether oxygens (including phenoxy) is 1. The van der Waals surface area contributed by atoms with E-state index in [1.165, 1.54) is 7.11 Å². The fraction of sp³-hybridized carbons (Fsp3) is 0.143. The Morgan fingerprint density at radius 1 is 1.11 bits per heavy atom. The Labute approximate surface area is 121 Å². The normalized spacial score (nSPS) is 12.2. The molecule has 19 heavy (non-hydrogen) atoms. The Morgan fingerprint density at radius 3 is 2.42 bits per heavy atom. The molecule has 0 aliphatic rings. The highest BCUT2D eigenvalue weighted by molar-refractivity contribution is 6.42. The van der Waals surface area contributed by atoms with E-state index >= 15 is 0 Å². The average molecular weight is 298 g/mol. The standard InChI is InChI=1S/C14H13Cl2NO2/c1-19-11-7-3-5-9(13(11)17)14(18)8-4-2-6-10(15)12(8)16/h2-7,14,18H,17H2,1H3. The predicted octanol–water partition coefficient (Wildman–Crippen LogP) is 3.67. The van der Waals surface area contributed by atoms with E-state index in [-0.39, 0.29) is 0 Å². The number of nitrogens with two attached hydrogens (primary N) is 1. The molecule has 0 saturated carbocycles. The minimum absolute atomic E-state index is 0.318. The first-order valence-corrected chi connectivity index (χ1v) is 6.36. The quantitative estimate of drug-likeness (QED) is 0.850. The Bertz CT molecular complexity index is 602. The van der Waals surface area contributed by atoms with Gasteiger partial charge in [0.05, 0.1) is 22.8 Å². The van der Waals surface area contributed by atoms with Crippen LogP contribution < -0.4 is 10.5 Å². The van der Waals surface area contributed by atoms with Crippen LogP contribution in [0.5, 0.6) is 5.75 Å². The van der Waals surface area contributed by atoms with Gasteiger partial charge in [0.1, 0.15) is 11.9 Å². The molecule has 1 atom stereocenters. The molecule has 2 aromatic rings. The molecule has 1 unspecified atom stereocenters. The third-order valence-corrected chi connectivity index (χ3v) is 3.72. The molecule has 0 fully saturated rings. The van der Waals surface area contributed by atoms with Gasteiger partial charge < -0.3 is 15.6 Å². The molecule has 5 heteroatoms. The van der Waals surface area contributed by atoms with Crippen molar-refractivity contribution in [3.63, 3.8) is 0 Å². The number of benzene rings is 2. The highest BCUT2D eigenvalue weighted by atomic mass is 35.5. The lowest BCUT2D eigenvalue weighted by atomic mass is 9.99. The number of anilines is 1. The summed E-state index contributed by atoms with van der Waals surface area (Å²) in [5.41, 5.74) is 7.38. The van der Waals surface area contributed by atoms with E-state index in [9.17, 15) is 5.11 Å². The van der Waals surface area contributed by atoms with Crippen molar-refractivity contribution in [3.05, 3.63) is 57.6 Å². The van der Waals surface area contributed by atoms with E-state index in [2.05, 4.69) is 0 Å². The molecule has 0 amide bonds. The third kappa shape index (κ3) is 2.63. The van der Waals surface area contributed by atoms with Gasteiger partial charge in [-0.05, 0) is 12.1 Å². The monoisotopic (exact) mass is 297 g/mol. The Balaban J connectivity index is 2.50. The average Bonchev–Trinajstić information content (AvgIpc) is 2.41.